The van der Waals surface area contributed by atoms with Gasteiger partial charge in [-0.3, -0.25) is 29.7 Å². The molecule has 8 bridgehead atoms. The number of morpholine rings is 1. The molecule has 0 amide bonds. The number of hydrogen-bond acceptors (Lipinski definition) is 13. The summed E-state index contributed by atoms with van der Waals surface area (Å²) in [5, 5.41) is 26.7. The lowest BCUT2D eigenvalue weighted by molar-refractivity contribution is 0.0198. The zero-order valence-corrected chi connectivity index (χ0v) is 45.7. The number of likely N-dealkylation sites (N-methyl/N-ethyl adjacent to an activating group) is 1. The second kappa shape index (κ2) is 37.3. The van der Waals surface area contributed by atoms with Gasteiger partial charge < -0.3 is 34.8 Å². The van der Waals surface area contributed by atoms with Crippen LogP contribution in [0.5, 0.6) is 0 Å². The fourth-order valence-corrected chi connectivity index (χ4v) is 11.6. The molecule has 0 radical (unpaired) electrons. The molecule has 73 heavy (non-hydrogen) atoms. The molecule has 0 unspecified atom stereocenters. The average Bonchev–Trinajstić information content (AvgIpc) is 3.44. The maximum atomic E-state index is 8.48. The van der Waals surface area contributed by atoms with Crippen molar-refractivity contribution in [3.8, 4) is 0 Å². The lowest BCUT2D eigenvalue weighted by atomic mass is 9.56. The van der Waals surface area contributed by atoms with E-state index < -0.39 is 0 Å². The van der Waals surface area contributed by atoms with Crippen molar-refractivity contribution in [2.75, 3.05) is 152 Å². The molecule has 3 aromatic heterocycles. The summed E-state index contributed by atoms with van der Waals surface area (Å²) >= 11 is 0. The minimum Gasteiger partial charge on any atom is -0.395 e. The van der Waals surface area contributed by atoms with Crippen LogP contribution in [0.2, 0.25) is 0 Å². The first kappa shape index (κ1) is 60.4. The van der Waals surface area contributed by atoms with Crippen molar-refractivity contribution >= 4 is 10.9 Å². The topological polar surface area (TPSA) is 128 Å². The number of likely N-dealkylation sites (tertiary alicyclic amines) is 1. The normalized spacial score (nSPS) is 26.9. The number of nitrogens with zero attached hydrogens (tertiary/aromatic N) is 9. The zero-order valence-electron chi connectivity index (χ0n) is 45.7. The van der Waals surface area contributed by atoms with Crippen LogP contribution in [-0.2, 0) is 4.74 Å². The first-order valence-corrected chi connectivity index (χ1v) is 28.5. The highest BCUT2D eigenvalue weighted by atomic mass is 16.5. The SMILES string of the molecule is C1C2CC3CC1CC(C2)C3.C1CN2CCC1CC2.C1CN2CCN1CC2.CN1CCCCC1.CN1CCOCC1.Cc1ccncc1.OCCN(CCO)CCO.c1ccc2ncccc2c1.c1ccncc1. The molecular formula is C60H99N9O4. The second-order valence-corrected chi connectivity index (χ2v) is 21.7. The number of aliphatic hydroxyl groups is 3. The predicted molar refractivity (Wildman–Crippen MR) is 301 cm³/mol. The molecule has 11 heterocycles. The van der Waals surface area contributed by atoms with Gasteiger partial charge in [0.15, 0.2) is 0 Å². The first-order valence-electron chi connectivity index (χ1n) is 28.5. The molecule has 13 heteroatoms. The van der Waals surface area contributed by atoms with Gasteiger partial charge in [-0.25, -0.2) is 0 Å². The molecular weight excluding hydrogens is 911 g/mol. The van der Waals surface area contributed by atoms with Gasteiger partial charge in [0.05, 0.1) is 38.6 Å². The smallest absolute Gasteiger partial charge is 0.0701 e. The Bertz CT molecular complexity index is 1640. The number of benzene rings is 1. The van der Waals surface area contributed by atoms with Crippen LogP contribution in [0.25, 0.3) is 10.9 Å². The quantitative estimate of drug-likeness (QED) is 0.176. The third kappa shape index (κ3) is 26.2. The molecule has 0 atom stereocenters. The average molecular weight is 1010 g/mol. The summed E-state index contributed by atoms with van der Waals surface area (Å²) < 4.78 is 5.10. The van der Waals surface area contributed by atoms with Gasteiger partial charge in [0.2, 0.25) is 0 Å². The van der Waals surface area contributed by atoms with E-state index >= 15 is 0 Å². The van der Waals surface area contributed by atoms with Gasteiger partial charge >= 0.3 is 0 Å². The van der Waals surface area contributed by atoms with Crippen LogP contribution in [0.1, 0.15) is 82.6 Å². The molecule has 13 nitrogen and oxygen atoms in total. The van der Waals surface area contributed by atoms with Crippen LogP contribution < -0.4 is 0 Å². The molecule has 4 aromatic rings. The van der Waals surface area contributed by atoms with Gasteiger partial charge in [-0.1, -0.05) is 36.8 Å². The van der Waals surface area contributed by atoms with E-state index in [4.69, 9.17) is 20.1 Å². The van der Waals surface area contributed by atoms with E-state index in [1.54, 1.807) is 68.2 Å². The Morgan fingerprint density at radius 2 is 0.904 bits per heavy atom. The molecule has 8 aliphatic heterocycles. The maximum Gasteiger partial charge on any atom is 0.0701 e. The Morgan fingerprint density at radius 3 is 1.21 bits per heavy atom. The number of pyridine rings is 3. The lowest BCUT2D eigenvalue weighted by Crippen LogP contribution is -2.55. The minimum absolute atomic E-state index is 0.0694. The standard InChI is InChI=1S/C10H16.C9H7N.C7H13N.C6H12N2.C6H15NO3.C6H7N.C6H13N.C5H11NO.C5H5N/c1-7-2-9-4-8(1)5-10(3-7)6-9;1-2-6-9-8(4-1)5-3-7-10-9;1-4-8-5-2-7(1)3-6-8;1-2-8-5-3-7(1)4-6-8;8-4-1-7(2-5-9)3-6-10;1-6-2-4-7-5-3-6;1-7-5-3-2-4-6-7;1-6-2-4-7-5-3-6;1-2-4-6-5-3-1/h7-10H,1-6H2;1-7H;7H,1-6H2;1-6H2;8-10H,1-6H2;2-5H,1H3;2-6H2,1H3;2-5H2,1H3;1-5H. The minimum atomic E-state index is 0.0694. The third-order valence-corrected chi connectivity index (χ3v) is 15.7. The Labute approximate surface area is 442 Å². The van der Waals surface area contributed by atoms with Crippen molar-refractivity contribution < 1.29 is 20.1 Å². The van der Waals surface area contributed by atoms with Crippen LogP contribution in [0, 0.1) is 36.5 Å². The monoisotopic (exact) mass is 1010 g/mol. The first-order chi connectivity index (χ1) is 35.8. The highest BCUT2D eigenvalue weighted by Crippen LogP contribution is 2.53. The molecule has 16 rings (SSSR count). The van der Waals surface area contributed by atoms with Gasteiger partial charge in [0, 0.05) is 108 Å². The number of piperidine rings is 4. The number of rotatable bonds is 6. The van der Waals surface area contributed by atoms with E-state index in [9.17, 15) is 0 Å². The van der Waals surface area contributed by atoms with E-state index in [1.807, 2.05) is 67.7 Å². The van der Waals surface area contributed by atoms with E-state index in [2.05, 4.69) is 65.7 Å². The van der Waals surface area contributed by atoms with Crippen LogP contribution in [-0.4, -0.2) is 212 Å². The number of piperazine rings is 3. The zero-order chi connectivity index (χ0) is 51.6. The van der Waals surface area contributed by atoms with Gasteiger partial charge in [-0.2, -0.15) is 0 Å². The molecule has 0 spiro atoms. The molecule has 8 saturated heterocycles. The van der Waals surface area contributed by atoms with Gasteiger partial charge in [0.1, 0.15) is 0 Å². The van der Waals surface area contributed by atoms with Gasteiger partial charge in [-0.15, -0.1) is 0 Å². The van der Waals surface area contributed by atoms with Crippen LogP contribution >= 0.6 is 0 Å². The van der Waals surface area contributed by atoms with E-state index in [0.717, 1.165) is 37.7 Å². The van der Waals surface area contributed by atoms with Crippen molar-refractivity contribution in [2.45, 2.75) is 84.0 Å². The highest BCUT2D eigenvalue weighted by Gasteiger charge is 2.41. The molecule has 12 aliphatic rings. The van der Waals surface area contributed by atoms with Crippen LogP contribution in [0.4, 0.5) is 0 Å². The Balaban J connectivity index is 0.000000153. The number of para-hydroxylation sites is 1. The number of aromatic nitrogens is 3. The number of aryl methyl sites for hydroxylation is 1. The van der Waals surface area contributed by atoms with Crippen LogP contribution in [0.3, 0.4) is 0 Å². The summed E-state index contributed by atoms with van der Waals surface area (Å²) in [4.78, 5) is 25.9. The summed E-state index contributed by atoms with van der Waals surface area (Å²) in [7, 11) is 4.31. The number of aliphatic hydroxyl groups excluding tert-OH is 3. The molecule has 12 fully saturated rings. The fourth-order valence-electron chi connectivity index (χ4n) is 11.6. The van der Waals surface area contributed by atoms with Crippen molar-refractivity contribution in [3.05, 3.63) is 103 Å². The summed E-state index contributed by atoms with van der Waals surface area (Å²) in [5.74, 6) is 5.82. The van der Waals surface area contributed by atoms with Gasteiger partial charge in [-0.05, 0) is 196 Å². The summed E-state index contributed by atoms with van der Waals surface area (Å²) in [5.41, 5.74) is 2.32. The predicted octanol–water partition coefficient (Wildman–Crippen LogP) is 7.57. The number of hydrogen-bond donors (Lipinski definition) is 3. The summed E-state index contributed by atoms with van der Waals surface area (Å²) in [6.07, 6.45) is 27.2. The van der Waals surface area contributed by atoms with Crippen molar-refractivity contribution in [2.24, 2.45) is 29.6 Å². The van der Waals surface area contributed by atoms with Crippen molar-refractivity contribution in [3.63, 3.8) is 0 Å². The lowest BCUT2D eigenvalue weighted by Gasteiger charge is -2.49. The fraction of sp³-hybridized carbons (Fsp3) is 0.683. The second-order valence-electron chi connectivity index (χ2n) is 21.7. The van der Waals surface area contributed by atoms with Gasteiger partial charge in [0.25, 0.3) is 0 Å². The molecule has 4 saturated carbocycles. The van der Waals surface area contributed by atoms with Crippen molar-refractivity contribution in [1.29, 1.82) is 0 Å². The molecule has 3 N–H and O–H groups in total. The number of ether oxygens (including phenoxy) is 1. The van der Waals surface area contributed by atoms with Crippen LogP contribution in [0.15, 0.2) is 97.7 Å². The Hall–Kier alpha value is -3.47. The summed E-state index contributed by atoms with van der Waals surface area (Å²) in [6.45, 7) is 22.6. The molecule has 4 aliphatic carbocycles. The third-order valence-electron chi connectivity index (χ3n) is 15.7. The Morgan fingerprint density at radius 1 is 0.466 bits per heavy atom. The molecule has 1 aromatic carbocycles. The van der Waals surface area contributed by atoms with Crippen molar-refractivity contribution in [1.82, 2.24) is 44.4 Å². The maximum absolute atomic E-state index is 8.48. The Kier molecular flexibility index (Phi) is 30.9. The number of fused-ring (bicyclic) bond motifs is 7. The molecule has 408 valence electrons. The van der Waals surface area contributed by atoms with E-state index in [-0.39, 0.29) is 19.8 Å². The van der Waals surface area contributed by atoms with E-state index in [0.29, 0.717) is 19.6 Å². The highest BCUT2D eigenvalue weighted by molar-refractivity contribution is 5.77. The van der Waals surface area contributed by atoms with E-state index in [1.165, 1.54) is 145 Å². The largest absolute Gasteiger partial charge is 0.395 e. The summed E-state index contributed by atoms with van der Waals surface area (Å²) in [6, 6.07) is 21.7.